The molecule has 0 saturated heterocycles. The molecule has 3 aromatic rings. The van der Waals surface area contributed by atoms with Crippen molar-refractivity contribution in [3.63, 3.8) is 0 Å². The molecule has 0 unspecified atom stereocenters. The number of ketones is 1. The van der Waals surface area contributed by atoms with Crippen molar-refractivity contribution in [2.75, 3.05) is 7.11 Å². The highest BCUT2D eigenvalue weighted by molar-refractivity contribution is 6.06. The quantitative estimate of drug-likeness (QED) is 0.342. The zero-order chi connectivity index (χ0) is 21.8. The van der Waals surface area contributed by atoms with Gasteiger partial charge in [0.2, 0.25) is 0 Å². The van der Waals surface area contributed by atoms with Crippen LogP contribution in [0.3, 0.4) is 0 Å². The molecule has 0 amide bonds. The number of allylic oxidation sites excluding steroid dienone is 1. The SMILES string of the molecule is COC(=O)CC(=O)/C=C/c1c(-c2ccc(F)cc2)n(C(C)C)c(=O)c2ccccc12. The first-order valence-electron chi connectivity index (χ1n) is 9.54. The predicted molar refractivity (Wildman–Crippen MR) is 115 cm³/mol. The summed E-state index contributed by atoms with van der Waals surface area (Å²) in [4.78, 5) is 36.8. The molecule has 3 rings (SSSR count). The molecule has 1 heterocycles. The maximum atomic E-state index is 13.5. The monoisotopic (exact) mass is 407 g/mol. The van der Waals surface area contributed by atoms with Crippen LogP contribution in [-0.2, 0) is 14.3 Å². The van der Waals surface area contributed by atoms with Gasteiger partial charge in [-0.1, -0.05) is 18.2 Å². The number of hydrogen-bond acceptors (Lipinski definition) is 4. The molecule has 0 atom stereocenters. The summed E-state index contributed by atoms with van der Waals surface area (Å²) in [6.45, 7) is 3.78. The van der Waals surface area contributed by atoms with Gasteiger partial charge >= 0.3 is 5.97 Å². The summed E-state index contributed by atoms with van der Waals surface area (Å²) in [5, 5.41) is 1.18. The van der Waals surface area contributed by atoms with Gasteiger partial charge in [-0.25, -0.2) is 4.39 Å². The van der Waals surface area contributed by atoms with E-state index < -0.39 is 11.8 Å². The zero-order valence-electron chi connectivity index (χ0n) is 17.0. The second-order valence-electron chi connectivity index (χ2n) is 7.14. The number of aromatic nitrogens is 1. The minimum atomic E-state index is -0.625. The van der Waals surface area contributed by atoms with Crippen molar-refractivity contribution in [3.8, 4) is 11.3 Å². The lowest BCUT2D eigenvalue weighted by atomic mass is 9.97. The van der Waals surface area contributed by atoms with Gasteiger partial charge in [0, 0.05) is 17.0 Å². The fourth-order valence-corrected chi connectivity index (χ4v) is 3.41. The Labute approximate surface area is 173 Å². The van der Waals surface area contributed by atoms with E-state index in [9.17, 15) is 18.8 Å². The van der Waals surface area contributed by atoms with Crippen molar-refractivity contribution >= 4 is 28.6 Å². The van der Waals surface area contributed by atoms with Crippen LogP contribution >= 0.6 is 0 Å². The number of carbonyl (C=O) groups is 2. The number of nitrogens with zero attached hydrogens (tertiary/aromatic N) is 1. The van der Waals surface area contributed by atoms with Crippen molar-refractivity contribution in [1.29, 1.82) is 0 Å². The molecule has 30 heavy (non-hydrogen) atoms. The standard InChI is InChI=1S/C24H22FNO4/c1-15(2)26-23(16-8-10-17(25)11-9-16)20(13-12-18(27)14-22(28)30-3)19-6-4-5-7-21(19)24(26)29/h4-13,15H,14H2,1-3H3/b13-12+. The average Bonchev–Trinajstić information content (AvgIpc) is 2.73. The Kier molecular flexibility index (Phi) is 6.26. The number of methoxy groups -OCH3 is 1. The Hall–Kier alpha value is -3.54. The molecule has 154 valence electrons. The van der Waals surface area contributed by atoms with Crippen LogP contribution in [0.2, 0.25) is 0 Å². The molecule has 0 N–H and O–H groups in total. The second-order valence-corrected chi connectivity index (χ2v) is 7.14. The third-order valence-electron chi connectivity index (χ3n) is 4.78. The van der Waals surface area contributed by atoms with E-state index in [4.69, 9.17) is 0 Å². The lowest BCUT2D eigenvalue weighted by molar-refractivity contribution is -0.142. The number of benzene rings is 2. The fraction of sp³-hybridized carbons (Fsp3) is 0.208. The highest BCUT2D eigenvalue weighted by atomic mass is 19.1. The molecule has 0 fully saturated rings. The zero-order valence-corrected chi connectivity index (χ0v) is 17.0. The second kappa shape index (κ2) is 8.86. The minimum Gasteiger partial charge on any atom is -0.469 e. The van der Waals surface area contributed by atoms with Gasteiger partial charge in [0.25, 0.3) is 5.56 Å². The lowest BCUT2D eigenvalue weighted by Crippen LogP contribution is -2.25. The van der Waals surface area contributed by atoms with E-state index >= 15 is 0 Å². The topological polar surface area (TPSA) is 65.4 Å². The van der Waals surface area contributed by atoms with Gasteiger partial charge in [-0.15, -0.1) is 0 Å². The molecular weight excluding hydrogens is 385 g/mol. The van der Waals surface area contributed by atoms with Gasteiger partial charge < -0.3 is 9.30 Å². The van der Waals surface area contributed by atoms with Gasteiger partial charge in [-0.2, -0.15) is 0 Å². The summed E-state index contributed by atoms with van der Waals surface area (Å²) >= 11 is 0. The molecule has 0 aliphatic heterocycles. The van der Waals surface area contributed by atoms with Crippen molar-refractivity contribution in [2.45, 2.75) is 26.3 Å². The average molecular weight is 407 g/mol. The highest BCUT2D eigenvalue weighted by Gasteiger charge is 2.19. The first-order chi connectivity index (χ1) is 14.3. The minimum absolute atomic E-state index is 0.169. The summed E-state index contributed by atoms with van der Waals surface area (Å²) in [7, 11) is 1.22. The molecule has 5 nitrogen and oxygen atoms in total. The fourth-order valence-electron chi connectivity index (χ4n) is 3.41. The number of pyridine rings is 1. The Morgan fingerprint density at radius 1 is 1.07 bits per heavy atom. The van der Waals surface area contributed by atoms with Crippen LogP contribution in [-0.4, -0.2) is 23.4 Å². The largest absolute Gasteiger partial charge is 0.469 e. The van der Waals surface area contributed by atoms with Gasteiger partial charge in [0.15, 0.2) is 5.78 Å². The van der Waals surface area contributed by atoms with Crippen LogP contribution in [0.4, 0.5) is 4.39 Å². The summed E-state index contributed by atoms with van der Waals surface area (Å²) in [5.41, 5.74) is 1.70. The van der Waals surface area contributed by atoms with Crippen molar-refractivity contribution in [3.05, 3.63) is 76.3 Å². The number of rotatable bonds is 6. The molecule has 0 aliphatic carbocycles. The van der Waals surface area contributed by atoms with Gasteiger partial charge in [-0.05, 0) is 67.3 Å². The van der Waals surface area contributed by atoms with Crippen molar-refractivity contribution in [1.82, 2.24) is 4.57 Å². The molecule has 0 radical (unpaired) electrons. The van der Waals surface area contributed by atoms with Crippen LogP contribution in [0.25, 0.3) is 28.1 Å². The van der Waals surface area contributed by atoms with Crippen LogP contribution in [0.15, 0.2) is 59.4 Å². The molecule has 0 saturated carbocycles. The molecule has 1 aromatic heterocycles. The van der Waals surface area contributed by atoms with E-state index in [1.807, 2.05) is 19.9 Å². The Morgan fingerprint density at radius 2 is 1.70 bits per heavy atom. The van der Waals surface area contributed by atoms with E-state index in [-0.39, 0.29) is 23.8 Å². The van der Waals surface area contributed by atoms with Crippen LogP contribution in [0.1, 0.15) is 31.9 Å². The summed E-state index contributed by atoms with van der Waals surface area (Å²) in [6, 6.07) is 12.8. The van der Waals surface area contributed by atoms with Crippen molar-refractivity contribution < 1.29 is 18.7 Å². The lowest BCUT2D eigenvalue weighted by Gasteiger charge is -2.21. The molecule has 0 bridgehead atoms. The first kappa shape index (κ1) is 21.2. The maximum Gasteiger partial charge on any atom is 0.313 e. The van der Waals surface area contributed by atoms with E-state index in [1.165, 1.54) is 25.3 Å². The van der Waals surface area contributed by atoms with Gasteiger partial charge in [0.1, 0.15) is 12.2 Å². The number of fused-ring (bicyclic) bond motifs is 1. The molecule has 0 spiro atoms. The first-order valence-corrected chi connectivity index (χ1v) is 9.54. The van der Waals surface area contributed by atoms with Crippen LogP contribution < -0.4 is 5.56 Å². The van der Waals surface area contributed by atoms with E-state index in [0.29, 0.717) is 27.6 Å². The normalized spacial score (nSPS) is 11.4. The number of halogens is 1. The third kappa shape index (κ3) is 4.22. The van der Waals surface area contributed by atoms with E-state index in [1.54, 1.807) is 41.0 Å². The highest BCUT2D eigenvalue weighted by Crippen LogP contribution is 2.31. The van der Waals surface area contributed by atoms with Crippen molar-refractivity contribution in [2.24, 2.45) is 0 Å². The summed E-state index contributed by atoms with van der Waals surface area (Å²) in [5.74, 6) is -1.43. The van der Waals surface area contributed by atoms with Crippen LogP contribution in [0.5, 0.6) is 0 Å². The Balaban J connectivity index is 2.32. The van der Waals surface area contributed by atoms with Gasteiger partial charge in [0.05, 0.1) is 12.8 Å². The Bertz CT molecular complexity index is 1190. The van der Waals surface area contributed by atoms with E-state index in [0.717, 1.165) is 0 Å². The molecule has 0 aliphatic rings. The van der Waals surface area contributed by atoms with E-state index in [2.05, 4.69) is 4.74 Å². The number of carbonyl (C=O) groups excluding carboxylic acids is 2. The summed E-state index contributed by atoms with van der Waals surface area (Å²) < 4.78 is 19.7. The predicted octanol–water partition coefficient (Wildman–Crippen LogP) is 4.53. The number of esters is 1. The third-order valence-corrected chi connectivity index (χ3v) is 4.78. The summed E-state index contributed by atoms with van der Waals surface area (Å²) in [6.07, 6.45) is 2.53. The number of hydrogen-bond donors (Lipinski definition) is 0. The number of ether oxygens (including phenoxy) is 1. The van der Waals surface area contributed by atoms with Crippen LogP contribution in [0, 0.1) is 5.82 Å². The smallest absolute Gasteiger partial charge is 0.313 e. The molecule has 2 aromatic carbocycles. The molecular formula is C24H22FNO4. The molecule has 6 heteroatoms. The Morgan fingerprint density at radius 3 is 2.30 bits per heavy atom. The maximum absolute atomic E-state index is 13.5. The van der Waals surface area contributed by atoms with Gasteiger partial charge in [-0.3, -0.25) is 14.4 Å².